The van der Waals surface area contributed by atoms with Crippen molar-refractivity contribution >= 4 is 17.2 Å². The standard InChI is InChI=1S/C19H19N3O3S/c1-24-15-6-3-13(4-7-15)9-10-20-18(23)16-12-22-19(26-16)14-5-8-17(25-2)21-11-14/h3-8,11-12H,9-10H2,1-2H3,(H,20,23). The van der Waals surface area contributed by atoms with Crippen LogP contribution in [-0.2, 0) is 6.42 Å². The maximum Gasteiger partial charge on any atom is 0.263 e. The number of ether oxygens (including phenoxy) is 2. The Kier molecular flexibility index (Phi) is 5.80. The van der Waals surface area contributed by atoms with Crippen molar-refractivity contribution in [2.45, 2.75) is 6.42 Å². The van der Waals surface area contributed by atoms with Gasteiger partial charge in [0.2, 0.25) is 5.88 Å². The van der Waals surface area contributed by atoms with Gasteiger partial charge < -0.3 is 14.8 Å². The zero-order valence-electron chi connectivity index (χ0n) is 14.6. The monoisotopic (exact) mass is 369 g/mol. The van der Waals surface area contributed by atoms with Gasteiger partial charge in [0.25, 0.3) is 5.91 Å². The number of pyridine rings is 1. The van der Waals surface area contributed by atoms with Crippen molar-refractivity contribution in [2.24, 2.45) is 0 Å². The number of carbonyl (C=O) groups is 1. The molecule has 2 aromatic heterocycles. The molecule has 0 unspecified atom stereocenters. The zero-order chi connectivity index (χ0) is 18.4. The van der Waals surface area contributed by atoms with E-state index in [4.69, 9.17) is 9.47 Å². The molecule has 0 radical (unpaired) electrons. The summed E-state index contributed by atoms with van der Waals surface area (Å²) >= 11 is 1.34. The second kappa shape index (κ2) is 8.44. The van der Waals surface area contributed by atoms with Crippen LogP contribution < -0.4 is 14.8 Å². The molecule has 0 saturated heterocycles. The third-order valence-corrected chi connectivity index (χ3v) is 4.83. The van der Waals surface area contributed by atoms with Gasteiger partial charge in [-0.25, -0.2) is 9.97 Å². The van der Waals surface area contributed by atoms with Crippen LogP contribution >= 0.6 is 11.3 Å². The van der Waals surface area contributed by atoms with E-state index in [2.05, 4.69) is 15.3 Å². The summed E-state index contributed by atoms with van der Waals surface area (Å²) in [6.07, 6.45) is 4.03. The van der Waals surface area contributed by atoms with Crippen LogP contribution in [0.1, 0.15) is 15.2 Å². The highest BCUT2D eigenvalue weighted by molar-refractivity contribution is 7.16. The average Bonchev–Trinajstić information content (AvgIpc) is 3.19. The van der Waals surface area contributed by atoms with E-state index in [-0.39, 0.29) is 5.91 Å². The molecule has 0 aliphatic rings. The first-order chi connectivity index (χ1) is 12.7. The van der Waals surface area contributed by atoms with E-state index in [1.807, 2.05) is 30.3 Å². The van der Waals surface area contributed by atoms with Crippen LogP contribution in [0.3, 0.4) is 0 Å². The summed E-state index contributed by atoms with van der Waals surface area (Å²) in [6, 6.07) is 11.4. The Morgan fingerprint density at radius 3 is 2.50 bits per heavy atom. The van der Waals surface area contributed by atoms with Crippen LogP contribution in [-0.4, -0.2) is 36.6 Å². The maximum absolute atomic E-state index is 12.3. The molecule has 1 aromatic carbocycles. The molecule has 1 amide bonds. The highest BCUT2D eigenvalue weighted by Crippen LogP contribution is 2.25. The van der Waals surface area contributed by atoms with Gasteiger partial charge in [-0.3, -0.25) is 4.79 Å². The van der Waals surface area contributed by atoms with E-state index in [1.165, 1.54) is 11.3 Å². The third-order valence-electron chi connectivity index (χ3n) is 3.78. The summed E-state index contributed by atoms with van der Waals surface area (Å²) in [5.41, 5.74) is 1.99. The largest absolute Gasteiger partial charge is 0.497 e. The van der Waals surface area contributed by atoms with E-state index in [1.54, 1.807) is 32.7 Å². The van der Waals surface area contributed by atoms with Crippen LogP contribution in [0.25, 0.3) is 10.6 Å². The van der Waals surface area contributed by atoms with Crippen LogP contribution in [0.15, 0.2) is 48.8 Å². The Hall–Kier alpha value is -2.93. The normalized spacial score (nSPS) is 10.4. The molecular weight excluding hydrogens is 350 g/mol. The fourth-order valence-corrected chi connectivity index (χ4v) is 3.16. The van der Waals surface area contributed by atoms with Crippen molar-refractivity contribution in [1.82, 2.24) is 15.3 Å². The summed E-state index contributed by atoms with van der Waals surface area (Å²) in [5, 5.41) is 3.67. The highest BCUT2D eigenvalue weighted by Gasteiger charge is 2.12. The molecule has 7 heteroatoms. The average molecular weight is 369 g/mol. The second-order valence-electron chi connectivity index (χ2n) is 5.47. The number of hydrogen-bond acceptors (Lipinski definition) is 6. The molecule has 1 N–H and O–H groups in total. The van der Waals surface area contributed by atoms with Gasteiger partial charge in [-0.05, 0) is 30.2 Å². The number of benzene rings is 1. The highest BCUT2D eigenvalue weighted by atomic mass is 32.1. The number of rotatable bonds is 7. The zero-order valence-corrected chi connectivity index (χ0v) is 15.4. The van der Waals surface area contributed by atoms with Crippen LogP contribution in [0, 0.1) is 0 Å². The van der Waals surface area contributed by atoms with Crippen LogP contribution in [0.2, 0.25) is 0 Å². The first-order valence-electron chi connectivity index (χ1n) is 8.07. The summed E-state index contributed by atoms with van der Waals surface area (Å²) in [5.74, 6) is 1.24. The van der Waals surface area contributed by atoms with Gasteiger partial charge in [-0.2, -0.15) is 0 Å². The molecule has 0 aliphatic carbocycles. The van der Waals surface area contributed by atoms with Crippen molar-refractivity contribution in [3.8, 4) is 22.2 Å². The molecule has 0 aliphatic heterocycles. The number of methoxy groups -OCH3 is 2. The van der Waals surface area contributed by atoms with Gasteiger partial charge in [0.15, 0.2) is 0 Å². The molecular formula is C19H19N3O3S. The quantitative estimate of drug-likeness (QED) is 0.692. The molecule has 0 bridgehead atoms. The van der Waals surface area contributed by atoms with E-state index in [9.17, 15) is 4.79 Å². The minimum Gasteiger partial charge on any atom is -0.497 e. The Bertz CT molecular complexity index is 860. The number of aromatic nitrogens is 2. The molecule has 3 aromatic rings. The smallest absolute Gasteiger partial charge is 0.263 e. The molecule has 3 rings (SSSR count). The van der Waals surface area contributed by atoms with Crippen molar-refractivity contribution in [3.63, 3.8) is 0 Å². The molecule has 0 atom stereocenters. The molecule has 0 spiro atoms. The fourth-order valence-electron chi connectivity index (χ4n) is 2.34. The topological polar surface area (TPSA) is 73.3 Å². The summed E-state index contributed by atoms with van der Waals surface area (Å²) < 4.78 is 10.2. The summed E-state index contributed by atoms with van der Waals surface area (Å²) in [7, 11) is 3.21. The van der Waals surface area contributed by atoms with E-state index in [0.29, 0.717) is 17.3 Å². The lowest BCUT2D eigenvalue weighted by Gasteiger charge is -2.05. The van der Waals surface area contributed by atoms with Gasteiger partial charge in [0.05, 0.1) is 20.4 Å². The lowest BCUT2D eigenvalue weighted by Crippen LogP contribution is -2.24. The lowest BCUT2D eigenvalue weighted by molar-refractivity contribution is 0.0958. The van der Waals surface area contributed by atoms with Gasteiger partial charge in [0.1, 0.15) is 15.6 Å². The first kappa shape index (κ1) is 17.9. The molecule has 2 heterocycles. The van der Waals surface area contributed by atoms with E-state index < -0.39 is 0 Å². The Balaban J connectivity index is 1.55. The van der Waals surface area contributed by atoms with Crippen molar-refractivity contribution < 1.29 is 14.3 Å². The Morgan fingerprint density at radius 2 is 1.85 bits per heavy atom. The minimum absolute atomic E-state index is 0.122. The molecule has 0 saturated carbocycles. The van der Waals surface area contributed by atoms with Gasteiger partial charge in [-0.1, -0.05) is 12.1 Å². The van der Waals surface area contributed by atoms with E-state index >= 15 is 0 Å². The number of amides is 1. The van der Waals surface area contributed by atoms with Crippen molar-refractivity contribution in [3.05, 3.63) is 59.2 Å². The molecule has 6 nitrogen and oxygen atoms in total. The molecule has 26 heavy (non-hydrogen) atoms. The Morgan fingerprint density at radius 1 is 1.04 bits per heavy atom. The van der Waals surface area contributed by atoms with Gasteiger partial charge >= 0.3 is 0 Å². The third kappa shape index (κ3) is 4.37. The van der Waals surface area contributed by atoms with Gasteiger partial charge in [0, 0.05) is 24.4 Å². The minimum atomic E-state index is -0.122. The molecule has 0 fully saturated rings. The number of hydrogen-bond donors (Lipinski definition) is 1. The van der Waals surface area contributed by atoms with Crippen LogP contribution in [0.5, 0.6) is 11.6 Å². The second-order valence-corrected chi connectivity index (χ2v) is 6.50. The first-order valence-corrected chi connectivity index (χ1v) is 8.88. The van der Waals surface area contributed by atoms with Crippen molar-refractivity contribution in [1.29, 1.82) is 0 Å². The summed E-state index contributed by atoms with van der Waals surface area (Å²) in [6.45, 7) is 0.558. The predicted octanol–water partition coefficient (Wildman–Crippen LogP) is 3.19. The number of thiazole rings is 1. The number of carbonyl (C=O) groups excluding carboxylic acids is 1. The molecule has 134 valence electrons. The predicted molar refractivity (Wildman–Crippen MR) is 101 cm³/mol. The maximum atomic E-state index is 12.3. The summed E-state index contributed by atoms with van der Waals surface area (Å²) in [4.78, 5) is 21.3. The SMILES string of the molecule is COc1ccc(CCNC(=O)c2cnc(-c3ccc(OC)nc3)s2)cc1. The van der Waals surface area contributed by atoms with E-state index in [0.717, 1.165) is 28.3 Å². The number of nitrogens with one attached hydrogen (secondary N) is 1. The number of nitrogens with zero attached hydrogens (tertiary/aromatic N) is 2. The fraction of sp³-hybridized carbons (Fsp3) is 0.211. The lowest BCUT2D eigenvalue weighted by atomic mass is 10.1. The van der Waals surface area contributed by atoms with Crippen molar-refractivity contribution in [2.75, 3.05) is 20.8 Å². The van der Waals surface area contributed by atoms with Crippen LogP contribution in [0.4, 0.5) is 0 Å². The van der Waals surface area contributed by atoms with Gasteiger partial charge in [-0.15, -0.1) is 11.3 Å². The Labute approximate surface area is 155 Å².